The predicted molar refractivity (Wildman–Crippen MR) is 99.2 cm³/mol. The van der Waals surface area contributed by atoms with Gasteiger partial charge in [-0.25, -0.2) is 17.9 Å². The molecule has 0 bridgehead atoms. The van der Waals surface area contributed by atoms with Gasteiger partial charge in [-0.05, 0) is 63.8 Å². The van der Waals surface area contributed by atoms with Gasteiger partial charge in [0.1, 0.15) is 0 Å². The molecule has 0 aromatic heterocycles. The molecule has 8 heteroatoms. The van der Waals surface area contributed by atoms with Gasteiger partial charge in [0.15, 0.2) is 0 Å². The summed E-state index contributed by atoms with van der Waals surface area (Å²) in [6.07, 6.45) is 1.56. The number of halogens is 1. The Morgan fingerprint density at radius 3 is 2.28 bits per heavy atom. The van der Waals surface area contributed by atoms with Crippen LogP contribution >= 0.6 is 11.6 Å². The molecule has 2 amide bonds. The van der Waals surface area contributed by atoms with Crippen molar-refractivity contribution in [2.75, 3.05) is 19.6 Å². The Bertz CT molecular complexity index is 691. The fourth-order valence-corrected chi connectivity index (χ4v) is 3.91. The zero-order chi connectivity index (χ0) is 18.7. The van der Waals surface area contributed by atoms with Gasteiger partial charge in [-0.2, -0.15) is 0 Å². The van der Waals surface area contributed by atoms with E-state index in [0.29, 0.717) is 24.7 Å². The zero-order valence-electron chi connectivity index (χ0n) is 14.9. The van der Waals surface area contributed by atoms with Crippen LogP contribution in [0.2, 0.25) is 5.02 Å². The molecule has 1 fully saturated rings. The average molecular weight is 388 g/mol. The lowest BCUT2D eigenvalue weighted by Crippen LogP contribution is -2.51. The summed E-state index contributed by atoms with van der Waals surface area (Å²) in [5.74, 6) is 0.223. The van der Waals surface area contributed by atoms with E-state index in [9.17, 15) is 13.2 Å². The van der Waals surface area contributed by atoms with Crippen molar-refractivity contribution in [1.82, 2.24) is 14.9 Å². The number of carbonyl (C=O) groups is 1. The summed E-state index contributed by atoms with van der Waals surface area (Å²) >= 11 is 5.79. The first-order valence-corrected chi connectivity index (χ1v) is 10.3. The molecule has 0 spiro atoms. The monoisotopic (exact) mass is 387 g/mol. The Morgan fingerprint density at radius 2 is 1.76 bits per heavy atom. The Balaban J connectivity index is 1.82. The minimum Gasteiger partial charge on any atom is -0.333 e. The van der Waals surface area contributed by atoms with Gasteiger partial charge in [0.25, 0.3) is 0 Å². The van der Waals surface area contributed by atoms with E-state index >= 15 is 0 Å². The van der Waals surface area contributed by atoms with Gasteiger partial charge in [0.2, 0.25) is 10.0 Å². The third-order valence-electron chi connectivity index (χ3n) is 4.07. The van der Waals surface area contributed by atoms with Crippen LogP contribution in [0.4, 0.5) is 4.79 Å². The first-order valence-electron chi connectivity index (χ1n) is 8.39. The molecular weight excluding hydrogens is 362 g/mol. The number of amides is 2. The van der Waals surface area contributed by atoms with Crippen LogP contribution in [0, 0.1) is 5.92 Å². The Hall–Kier alpha value is -1.31. The molecule has 1 aromatic carbocycles. The zero-order valence-corrected chi connectivity index (χ0v) is 16.5. The third-order valence-corrected chi connectivity index (χ3v) is 5.76. The summed E-state index contributed by atoms with van der Waals surface area (Å²) in [5, 5.41) is 3.45. The molecule has 1 aliphatic rings. The first-order chi connectivity index (χ1) is 11.6. The highest BCUT2D eigenvalue weighted by Gasteiger charge is 2.26. The standard InChI is InChI=1S/C17H26ClN3O3S/c1-17(2,3)20-16(22)21-10-8-13(9-11-21)12-19-25(23,24)15-6-4-14(18)5-7-15/h4-7,13,19H,8-12H2,1-3H3,(H,20,22). The molecule has 1 heterocycles. The fraction of sp³-hybridized carbons (Fsp3) is 0.588. The van der Waals surface area contributed by atoms with E-state index in [1.54, 1.807) is 17.0 Å². The van der Waals surface area contributed by atoms with E-state index in [0.717, 1.165) is 12.8 Å². The van der Waals surface area contributed by atoms with Crippen LogP contribution in [0.15, 0.2) is 29.2 Å². The molecule has 140 valence electrons. The number of sulfonamides is 1. The number of rotatable bonds is 4. The quantitative estimate of drug-likeness (QED) is 0.833. The van der Waals surface area contributed by atoms with Crippen LogP contribution in [0.1, 0.15) is 33.6 Å². The van der Waals surface area contributed by atoms with Crippen LogP contribution in [0.5, 0.6) is 0 Å². The third kappa shape index (κ3) is 6.17. The highest BCUT2D eigenvalue weighted by molar-refractivity contribution is 7.89. The first kappa shape index (κ1) is 20.0. The van der Waals surface area contributed by atoms with Crippen molar-refractivity contribution in [1.29, 1.82) is 0 Å². The van der Waals surface area contributed by atoms with Crippen molar-refractivity contribution in [3.63, 3.8) is 0 Å². The van der Waals surface area contributed by atoms with Crippen LogP contribution in [0.25, 0.3) is 0 Å². The van der Waals surface area contributed by atoms with Crippen molar-refractivity contribution >= 4 is 27.7 Å². The van der Waals surface area contributed by atoms with Crippen LogP contribution in [-0.4, -0.2) is 44.5 Å². The molecule has 0 radical (unpaired) electrons. The summed E-state index contributed by atoms with van der Waals surface area (Å²) in [7, 11) is -3.53. The van der Waals surface area contributed by atoms with E-state index in [4.69, 9.17) is 11.6 Å². The lowest BCUT2D eigenvalue weighted by molar-refractivity contribution is 0.163. The summed E-state index contributed by atoms with van der Waals surface area (Å²) in [5.41, 5.74) is -0.262. The van der Waals surface area contributed by atoms with Crippen molar-refractivity contribution < 1.29 is 13.2 Å². The lowest BCUT2D eigenvalue weighted by Gasteiger charge is -2.34. The van der Waals surface area contributed by atoms with Crippen molar-refractivity contribution in [2.45, 2.75) is 44.0 Å². The van der Waals surface area contributed by atoms with Gasteiger partial charge in [0, 0.05) is 30.2 Å². The van der Waals surface area contributed by atoms with Gasteiger partial charge in [-0.15, -0.1) is 0 Å². The molecule has 1 saturated heterocycles. The van der Waals surface area contributed by atoms with Crippen LogP contribution in [0.3, 0.4) is 0 Å². The predicted octanol–water partition coefficient (Wildman–Crippen LogP) is 2.84. The topological polar surface area (TPSA) is 78.5 Å². The largest absolute Gasteiger partial charge is 0.333 e. The number of nitrogens with one attached hydrogen (secondary N) is 2. The molecule has 1 aliphatic heterocycles. The number of benzene rings is 1. The van der Waals surface area contributed by atoms with E-state index in [2.05, 4.69) is 10.0 Å². The SMILES string of the molecule is CC(C)(C)NC(=O)N1CCC(CNS(=O)(=O)c2ccc(Cl)cc2)CC1. The van der Waals surface area contributed by atoms with Crippen molar-refractivity contribution in [3.8, 4) is 0 Å². The Morgan fingerprint density at radius 1 is 1.20 bits per heavy atom. The number of hydrogen-bond donors (Lipinski definition) is 2. The van der Waals surface area contributed by atoms with E-state index in [1.165, 1.54) is 12.1 Å². The van der Waals surface area contributed by atoms with Crippen molar-refractivity contribution in [3.05, 3.63) is 29.3 Å². The molecule has 6 nitrogen and oxygen atoms in total. The minimum atomic E-state index is -3.53. The number of piperidine rings is 1. The minimum absolute atomic E-state index is 0.0623. The number of carbonyl (C=O) groups excluding carboxylic acids is 1. The molecule has 2 rings (SSSR count). The summed E-state index contributed by atoms with van der Waals surface area (Å²) in [6, 6.07) is 6.03. The van der Waals surface area contributed by atoms with Crippen LogP contribution < -0.4 is 10.0 Å². The Kier molecular flexibility index (Phi) is 6.35. The molecule has 1 aromatic rings. The highest BCUT2D eigenvalue weighted by atomic mass is 35.5. The number of hydrogen-bond acceptors (Lipinski definition) is 3. The maximum atomic E-state index is 12.3. The lowest BCUT2D eigenvalue weighted by atomic mass is 9.97. The van der Waals surface area contributed by atoms with Gasteiger partial charge in [0.05, 0.1) is 4.90 Å². The van der Waals surface area contributed by atoms with Crippen molar-refractivity contribution in [2.24, 2.45) is 5.92 Å². The second-order valence-corrected chi connectivity index (χ2v) is 9.62. The van der Waals surface area contributed by atoms with Gasteiger partial charge < -0.3 is 10.2 Å². The highest BCUT2D eigenvalue weighted by Crippen LogP contribution is 2.19. The van der Waals surface area contributed by atoms with Gasteiger partial charge in [-0.1, -0.05) is 11.6 Å². The molecule has 0 saturated carbocycles. The van der Waals surface area contributed by atoms with Gasteiger partial charge in [-0.3, -0.25) is 0 Å². The van der Waals surface area contributed by atoms with Crippen LogP contribution in [-0.2, 0) is 10.0 Å². The number of likely N-dealkylation sites (tertiary alicyclic amines) is 1. The number of urea groups is 1. The average Bonchev–Trinajstić information content (AvgIpc) is 2.52. The summed E-state index contributed by atoms with van der Waals surface area (Å²) in [6.45, 7) is 7.49. The molecule has 2 N–H and O–H groups in total. The Labute approximate surface area is 155 Å². The second kappa shape index (κ2) is 7.93. The van der Waals surface area contributed by atoms with E-state index in [-0.39, 0.29) is 22.4 Å². The maximum Gasteiger partial charge on any atom is 0.317 e. The molecular formula is C17H26ClN3O3S. The molecule has 0 atom stereocenters. The van der Waals surface area contributed by atoms with E-state index < -0.39 is 10.0 Å². The molecule has 0 unspecified atom stereocenters. The smallest absolute Gasteiger partial charge is 0.317 e. The summed E-state index contributed by atoms with van der Waals surface area (Å²) in [4.78, 5) is 14.1. The second-order valence-electron chi connectivity index (χ2n) is 7.42. The molecule has 0 aliphatic carbocycles. The normalized spacial score (nSPS) is 16.7. The molecule has 25 heavy (non-hydrogen) atoms. The fourth-order valence-electron chi connectivity index (χ4n) is 2.66. The van der Waals surface area contributed by atoms with E-state index in [1.807, 2.05) is 20.8 Å². The van der Waals surface area contributed by atoms with Gasteiger partial charge >= 0.3 is 6.03 Å². The summed E-state index contributed by atoms with van der Waals surface area (Å²) < 4.78 is 27.2. The number of nitrogens with zero attached hydrogens (tertiary/aromatic N) is 1. The maximum absolute atomic E-state index is 12.3.